The second-order valence-corrected chi connectivity index (χ2v) is 5.87. The van der Waals surface area contributed by atoms with Gasteiger partial charge in [-0.05, 0) is 24.3 Å². The summed E-state index contributed by atoms with van der Waals surface area (Å²) in [6.07, 6.45) is 1.14. The lowest BCUT2D eigenvalue weighted by Gasteiger charge is -2.22. The fraction of sp³-hybridized carbons (Fsp3) is 0.316. The second-order valence-electron chi connectivity index (χ2n) is 5.87. The monoisotopic (exact) mass is 322 g/mol. The number of rotatable bonds is 4. The Bertz CT molecular complexity index is 798. The van der Waals surface area contributed by atoms with Gasteiger partial charge in [-0.1, -0.05) is 36.4 Å². The minimum Gasteiger partial charge on any atom is -0.381 e. The Kier molecular flexibility index (Phi) is 4.88. The first-order valence-electron chi connectivity index (χ1n) is 8.00. The summed E-state index contributed by atoms with van der Waals surface area (Å²) in [7, 11) is 0. The molecule has 24 heavy (non-hydrogen) atoms. The van der Waals surface area contributed by atoms with Crippen molar-refractivity contribution in [2.24, 2.45) is 11.8 Å². The zero-order chi connectivity index (χ0) is 16.9. The third-order valence-corrected chi connectivity index (χ3v) is 4.35. The summed E-state index contributed by atoms with van der Waals surface area (Å²) < 4.78 is 5.23. The molecule has 0 spiro atoms. The van der Waals surface area contributed by atoms with Crippen molar-refractivity contribution in [3.63, 3.8) is 0 Å². The quantitative estimate of drug-likeness (QED) is 0.878. The molecular formula is C19H18N2O3. The average molecular weight is 322 g/mol. The predicted octanol–water partition coefficient (Wildman–Crippen LogP) is 2.91. The van der Waals surface area contributed by atoms with Crippen LogP contribution in [-0.2, 0) is 14.3 Å². The highest BCUT2D eigenvalue weighted by Crippen LogP contribution is 2.25. The summed E-state index contributed by atoms with van der Waals surface area (Å²) in [5.41, 5.74) is 0.609. The van der Waals surface area contributed by atoms with Crippen LogP contribution in [0, 0.1) is 23.2 Å². The lowest BCUT2D eigenvalue weighted by molar-refractivity contribution is -0.133. The smallest absolute Gasteiger partial charge is 0.249 e. The van der Waals surface area contributed by atoms with Crippen molar-refractivity contribution in [1.29, 1.82) is 5.26 Å². The lowest BCUT2D eigenvalue weighted by atomic mass is 9.87. The molecule has 1 unspecified atom stereocenters. The molecule has 2 aromatic rings. The van der Waals surface area contributed by atoms with Gasteiger partial charge < -0.3 is 10.1 Å². The van der Waals surface area contributed by atoms with Gasteiger partial charge in [0.15, 0.2) is 11.7 Å². The van der Waals surface area contributed by atoms with Gasteiger partial charge in [-0.2, -0.15) is 5.26 Å². The van der Waals surface area contributed by atoms with E-state index < -0.39 is 11.8 Å². The molecule has 0 bridgehead atoms. The fourth-order valence-corrected chi connectivity index (χ4v) is 3.01. The molecule has 1 amide bonds. The molecule has 1 heterocycles. The van der Waals surface area contributed by atoms with Crippen molar-refractivity contribution in [2.75, 3.05) is 18.5 Å². The number of hydrogen-bond acceptors (Lipinski definition) is 4. The number of hydrogen-bond donors (Lipinski definition) is 1. The highest BCUT2D eigenvalue weighted by molar-refractivity contribution is 6.12. The molecule has 3 rings (SSSR count). The van der Waals surface area contributed by atoms with Gasteiger partial charge in [0.25, 0.3) is 0 Å². The number of carbonyl (C=O) groups is 2. The normalized spacial score (nSPS) is 16.3. The average Bonchev–Trinajstić information content (AvgIpc) is 2.63. The number of fused-ring (bicyclic) bond motifs is 1. The number of carbonyl (C=O) groups excluding carboxylic acids is 2. The maximum absolute atomic E-state index is 12.5. The number of Topliss-reactive ketones (excluding diaryl/α,β-unsaturated/α-hetero) is 1. The highest BCUT2D eigenvalue weighted by atomic mass is 16.5. The van der Waals surface area contributed by atoms with E-state index in [1.54, 1.807) is 6.07 Å². The molecule has 1 aliphatic rings. The van der Waals surface area contributed by atoms with Crippen LogP contribution in [0.4, 0.5) is 5.69 Å². The van der Waals surface area contributed by atoms with E-state index in [4.69, 9.17) is 4.74 Å². The number of nitrogens with one attached hydrogen (secondary N) is 1. The molecule has 1 atom stereocenters. The fourth-order valence-electron chi connectivity index (χ4n) is 3.01. The van der Waals surface area contributed by atoms with Gasteiger partial charge in [-0.3, -0.25) is 9.59 Å². The van der Waals surface area contributed by atoms with Gasteiger partial charge in [0.2, 0.25) is 5.91 Å². The van der Waals surface area contributed by atoms with Crippen molar-refractivity contribution in [3.8, 4) is 6.07 Å². The molecule has 5 nitrogen and oxygen atoms in total. The van der Waals surface area contributed by atoms with E-state index in [0.717, 1.165) is 10.8 Å². The molecular weight excluding hydrogens is 304 g/mol. The van der Waals surface area contributed by atoms with Crippen LogP contribution in [0.25, 0.3) is 10.8 Å². The zero-order valence-corrected chi connectivity index (χ0v) is 13.2. The Morgan fingerprint density at radius 2 is 1.83 bits per heavy atom. The third-order valence-electron chi connectivity index (χ3n) is 4.35. The topological polar surface area (TPSA) is 79.2 Å². The molecule has 0 aliphatic carbocycles. The van der Waals surface area contributed by atoms with Crippen LogP contribution in [0.1, 0.15) is 12.8 Å². The van der Waals surface area contributed by atoms with Gasteiger partial charge in [0, 0.05) is 30.2 Å². The van der Waals surface area contributed by atoms with Crippen molar-refractivity contribution < 1.29 is 14.3 Å². The summed E-state index contributed by atoms with van der Waals surface area (Å²) in [6, 6.07) is 15.1. The van der Waals surface area contributed by atoms with E-state index in [1.807, 2.05) is 42.5 Å². The standard InChI is InChI=1S/C19H18N2O3/c20-12-16(18(22)14-8-10-24-11-9-14)19(23)21-17-7-3-5-13-4-1-2-6-15(13)17/h1-7,14,16H,8-11H2,(H,21,23). The van der Waals surface area contributed by atoms with Gasteiger partial charge in [0.1, 0.15) is 0 Å². The number of nitrogens with zero attached hydrogens (tertiary/aromatic N) is 1. The summed E-state index contributed by atoms with van der Waals surface area (Å²) in [4.78, 5) is 25.0. The van der Waals surface area contributed by atoms with Crippen LogP contribution in [0.15, 0.2) is 42.5 Å². The molecule has 1 saturated heterocycles. The Balaban J connectivity index is 1.79. The molecule has 5 heteroatoms. The third kappa shape index (κ3) is 3.29. The SMILES string of the molecule is N#CC(C(=O)Nc1cccc2ccccc12)C(=O)C1CCOCC1. The molecule has 0 radical (unpaired) electrons. The van der Waals surface area contributed by atoms with Gasteiger partial charge in [-0.15, -0.1) is 0 Å². The van der Waals surface area contributed by atoms with Gasteiger partial charge in [0.05, 0.1) is 6.07 Å². The summed E-state index contributed by atoms with van der Waals surface area (Å²) >= 11 is 0. The molecule has 0 aromatic heterocycles. The van der Waals surface area contributed by atoms with Crippen molar-refractivity contribution >= 4 is 28.2 Å². The molecule has 122 valence electrons. The minimum atomic E-state index is -1.29. The minimum absolute atomic E-state index is 0.276. The maximum Gasteiger partial charge on any atom is 0.249 e. The van der Waals surface area contributed by atoms with Crippen LogP contribution in [0.2, 0.25) is 0 Å². The summed E-state index contributed by atoms with van der Waals surface area (Å²) in [5, 5.41) is 13.9. The highest BCUT2D eigenvalue weighted by Gasteiger charge is 2.33. The Hall–Kier alpha value is -2.71. The van der Waals surface area contributed by atoms with E-state index in [9.17, 15) is 14.9 Å². The zero-order valence-electron chi connectivity index (χ0n) is 13.2. The second kappa shape index (κ2) is 7.24. The predicted molar refractivity (Wildman–Crippen MR) is 90.2 cm³/mol. The molecule has 2 aromatic carbocycles. The Labute approximate surface area is 140 Å². The number of anilines is 1. The first-order valence-corrected chi connectivity index (χ1v) is 8.00. The number of nitriles is 1. The van der Waals surface area contributed by atoms with Crippen molar-refractivity contribution in [2.45, 2.75) is 12.8 Å². The summed E-state index contributed by atoms with van der Waals surface area (Å²) in [5.74, 6) is -2.43. The van der Waals surface area contributed by atoms with Crippen LogP contribution in [0.5, 0.6) is 0 Å². The largest absolute Gasteiger partial charge is 0.381 e. The molecule has 1 fully saturated rings. The van der Waals surface area contributed by atoms with Gasteiger partial charge >= 0.3 is 0 Å². The van der Waals surface area contributed by atoms with Crippen molar-refractivity contribution in [3.05, 3.63) is 42.5 Å². The summed E-state index contributed by atoms with van der Waals surface area (Å²) in [6.45, 7) is 0.999. The van der Waals surface area contributed by atoms with E-state index in [-0.39, 0.29) is 11.7 Å². The Morgan fingerprint density at radius 1 is 1.12 bits per heavy atom. The first kappa shape index (κ1) is 16.2. The first-order chi connectivity index (χ1) is 11.7. The molecule has 1 aliphatic heterocycles. The molecule has 0 saturated carbocycles. The Morgan fingerprint density at radius 3 is 2.58 bits per heavy atom. The number of benzene rings is 2. The van der Waals surface area contributed by atoms with Crippen LogP contribution < -0.4 is 5.32 Å². The van der Waals surface area contributed by atoms with Crippen molar-refractivity contribution in [1.82, 2.24) is 0 Å². The number of ether oxygens (including phenoxy) is 1. The number of ketones is 1. The van der Waals surface area contributed by atoms with Crippen LogP contribution in [0.3, 0.4) is 0 Å². The van der Waals surface area contributed by atoms with E-state index in [2.05, 4.69) is 5.32 Å². The van der Waals surface area contributed by atoms with E-state index in [0.29, 0.717) is 31.7 Å². The maximum atomic E-state index is 12.5. The molecule has 1 N–H and O–H groups in total. The van der Waals surface area contributed by atoms with E-state index in [1.165, 1.54) is 0 Å². The van der Waals surface area contributed by atoms with Crippen LogP contribution in [-0.4, -0.2) is 24.9 Å². The van der Waals surface area contributed by atoms with Crippen LogP contribution >= 0.6 is 0 Å². The van der Waals surface area contributed by atoms with E-state index >= 15 is 0 Å². The number of amides is 1. The van der Waals surface area contributed by atoms with Gasteiger partial charge in [-0.25, -0.2) is 0 Å². The lowest BCUT2D eigenvalue weighted by Crippen LogP contribution is -2.35.